The smallest absolute Gasteiger partial charge is 0.256 e. The summed E-state index contributed by atoms with van der Waals surface area (Å²) in [4.78, 5) is 14.9. The van der Waals surface area contributed by atoms with Crippen LogP contribution in [0.2, 0.25) is 0 Å². The van der Waals surface area contributed by atoms with Gasteiger partial charge in [-0.2, -0.15) is 0 Å². The zero-order valence-electron chi connectivity index (χ0n) is 15.5. The third kappa shape index (κ3) is 3.32. The van der Waals surface area contributed by atoms with E-state index in [0.717, 1.165) is 28.9 Å². The summed E-state index contributed by atoms with van der Waals surface area (Å²) in [5, 5.41) is 2.93. The van der Waals surface area contributed by atoms with Gasteiger partial charge in [-0.05, 0) is 50.0 Å². The quantitative estimate of drug-likeness (QED) is 0.798. The van der Waals surface area contributed by atoms with Crippen molar-refractivity contribution in [2.45, 2.75) is 51.7 Å². The highest BCUT2D eigenvalue weighted by atomic mass is 16.2. The number of carbonyl (C=O) groups is 1. The highest BCUT2D eigenvalue weighted by Crippen LogP contribution is 2.32. The van der Waals surface area contributed by atoms with Gasteiger partial charge in [0.25, 0.3) is 5.91 Å². The van der Waals surface area contributed by atoms with Crippen LogP contribution in [0.15, 0.2) is 48.5 Å². The highest BCUT2D eigenvalue weighted by molar-refractivity contribution is 6.34. The molecule has 2 unspecified atom stereocenters. The van der Waals surface area contributed by atoms with E-state index < -0.39 is 0 Å². The Hall–Kier alpha value is -2.39. The summed E-state index contributed by atoms with van der Waals surface area (Å²) < 4.78 is 0. The second kappa shape index (κ2) is 7.08. The van der Waals surface area contributed by atoms with Gasteiger partial charge >= 0.3 is 0 Å². The van der Waals surface area contributed by atoms with Crippen LogP contribution >= 0.6 is 0 Å². The molecule has 26 heavy (non-hydrogen) atoms. The molecule has 3 heteroatoms. The molecule has 134 valence electrons. The van der Waals surface area contributed by atoms with Crippen LogP contribution in [0, 0.1) is 0 Å². The molecule has 1 amide bonds. The molecule has 0 aromatic heterocycles. The number of hydrogen-bond donors (Lipinski definition) is 1. The molecular weight excluding hydrogens is 320 g/mol. The molecule has 1 N–H and O–H groups in total. The summed E-state index contributed by atoms with van der Waals surface area (Å²) in [6.45, 7) is 5.68. The molecular formula is C23H26N2O. The first-order valence-corrected chi connectivity index (χ1v) is 9.59. The first-order chi connectivity index (χ1) is 12.6. The first kappa shape index (κ1) is 17.0. The lowest BCUT2D eigenvalue weighted by molar-refractivity contribution is -0.110. The van der Waals surface area contributed by atoms with E-state index in [4.69, 9.17) is 0 Å². The minimum Gasteiger partial charge on any atom is -0.321 e. The van der Waals surface area contributed by atoms with Gasteiger partial charge in [0.15, 0.2) is 0 Å². The monoisotopic (exact) mass is 346 g/mol. The molecule has 2 atom stereocenters. The lowest BCUT2D eigenvalue weighted by Gasteiger charge is -2.39. The van der Waals surface area contributed by atoms with Crippen molar-refractivity contribution in [3.8, 4) is 0 Å². The predicted molar refractivity (Wildman–Crippen MR) is 108 cm³/mol. The number of likely N-dealkylation sites (tertiary alicyclic amines) is 1. The summed E-state index contributed by atoms with van der Waals surface area (Å²) >= 11 is 0. The van der Waals surface area contributed by atoms with Crippen molar-refractivity contribution in [1.29, 1.82) is 0 Å². The van der Waals surface area contributed by atoms with Gasteiger partial charge < -0.3 is 5.32 Å². The Bertz CT molecular complexity index is 828. The fraction of sp³-hybridized carbons (Fsp3) is 0.348. The van der Waals surface area contributed by atoms with E-state index in [-0.39, 0.29) is 5.91 Å². The Kier molecular flexibility index (Phi) is 4.64. The predicted octanol–water partition coefficient (Wildman–Crippen LogP) is 4.94. The van der Waals surface area contributed by atoms with Crippen molar-refractivity contribution in [1.82, 2.24) is 4.90 Å². The molecule has 1 saturated heterocycles. The molecule has 0 radical (unpaired) electrons. The van der Waals surface area contributed by atoms with Gasteiger partial charge in [-0.15, -0.1) is 0 Å². The molecule has 2 heterocycles. The Morgan fingerprint density at radius 2 is 1.73 bits per heavy atom. The zero-order chi connectivity index (χ0) is 18.1. The number of nitrogens with zero attached hydrogens (tertiary/aromatic N) is 1. The van der Waals surface area contributed by atoms with Crippen LogP contribution in [0.1, 0.15) is 49.8 Å². The highest BCUT2D eigenvalue weighted by Gasteiger charge is 2.25. The molecule has 0 spiro atoms. The van der Waals surface area contributed by atoms with E-state index in [0.29, 0.717) is 12.1 Å². The van der Waals surface area contributed by atoms with Gasteiger partial charge in [-0.25, -0.2) is 0 Å². The number of anilines is 1. The van der Waals surface area contributed by atoms with Crippen LogP contribution in [-0.2, 0) is 11.3 Å². The van der Waals surface area contributed by atoms with Crippen molar-refractivity contribution in [2.24, 2.45) is 0 Å². The third-order valence-electron chi connectivity index (χ3n) is 5.74. The van der Waals surface area contributed by atoms with Crippen molar-refractivity contribution in [3.05, 3.63) is 65.2 Å². The SMILES string of the molecule is CC1CCCC(C)N1Cc1ccc(C=C2C(=O)Nc3ccccc32)cc1. The molecule has 0 bridgehead atoms. The Morgan fingerprint density at radius 3 is 2.46 bits per heavy atom. The second-order valence-corrected chi connectivity index (χ2v) is 7.60. The van der Waals surface area contributed by atoms with Crippen LogP contribution < -0.4 is 5.32 Å². The van der Waals surface area contributed by atoms with Crippen LogP contribution in [0.4, 0.5) is 5.69 Å². The Labute approximate surface area is 155 Å². The fourth-order valence-electron chi connectivity index (χ4n) is 4.17. The van der Waals surface area contributed by atoms with Crippen LogP contribution in [0.3, 0.4) is 0 Å². The minimum atomic E-state index is -0.0220. The third-order valence-corrected chi connectivity index (χ3v) is 5.74. The van der Waals surface area contributed by atoms with Gasteiger partial charge in [-0.3, -0.25) is 9.69 Å². The van der Waals surface area contributed by atoms with E-state index in [2.05, 4.69) is 48.3 Å². The van der Waals surface area contributed by atoms with E-state index in [1.807, 2.05) is 30.3 Å². The summed E-state index contributed by atoms with van der Waals surface area (Å²) in [7, 11) is 0. The van der Waals surface area contributed by atoms with Crippen LogP contribution in [0.25, 0.3) is 11.6 Å². The molecule has 0 saturated carbocycles. The average Bonchev–Trinajstić information content (AvgIpc) is 2.95. The number of carbonyl (C=O) groups excluding carboxylic acids is 1. The molecule has 0 aliphatic carbocycles. The molecule has 2 aromatic carbocycles. The van der Waals surface area contributed by atoms with E-state index >= 15 is 0 Å². The van der Waals surface area contributed by atoms with E-state index in [1.165, 1.54) is 24.8 Å². The normalized spacial score (nSPS) is 24.5. The maximum Gasteiger partial charge on any atom is 0.256 e. The number of fused-ring (bicyclic) bond motifs is 1. The average molecular weight is 346 g/mol. The van der Waals surface area contributed by atoms with Crippen molar-refractivity contribution >= 4 is 23.2 Å². The van der Waals surface area contributed by atoms with E-state index in [1.54, 1.807) is 0 Å². The van der Waals surface area contributed by atoms with Gasteiger partial charge in [0, 0.05) is 35.5 Å². The lowest BCUT2D eigenvalue weighted by atomic mass is 9.96. The van der Waals surface area contributed by atoms with Crippen molar-refractivity contribution in [3.63, 3.8) is 0 Å². The lowest BCUT2D eigenvalue weighted by Crippen LogP contribution is -2.42. The van der Waals surface area contributed by atoms with Crippen LogP contribution in [-0.4, -0.2) is 22.9 Å². The number of piperidine rings is 1. The number of rotatable bonds is 3. The molecule has 2 aliphatic rings. The Balaban J connectivity index is 1.52. The number of benzene rings is 2. The van der Waals surface area contributed by atoms with Crippen molar-refractivity contribution < 1.29 is 4.79 Å². The topological polar surface area (TPSA) is 32.3 Å². The molecule has 4 rings (SSSR count). The van der Waals surface area contributed by atoms with Gasteiger partial charge in [0.2, 0.25) is 0 Å². The van der Waals surface area contributed by atoms with Gasteiger partial charge in [-0.1, -0.05) is 48.9 Å². The molecule has 2 aromatic rings. The second-order valence-electron chi connectivity index (χ2n) is 7.60. The minimum absolute atomic E-state index is 0.0220. The molecule has 3 nitrogen and oxygen atoms in total. The standard InChI is InChI=1S/C23H26N2O/c1-16-6-5-7-17(2)25(16)15-19-12-10-18(11-13-19)14-21-20-8-3-4-9-22(20)24-23(21)26/h3-4,8-14,16-17H,5-7,15H2,1-2H3,(H,24,26). The molecule has 2 aliphatic heterocycles. The maximum absolute atomic E-state index is 12.3. The Morgan fingerprint density at radius 1 is 1.04 bits per heavy atom. The molecule has 1 fully saturated rings. The van der Waals surface area contributed by atoms with Gasteiger partial charge in [0.05, 0.1) is 0 Å². The summed E-state index contributed by atoms with van der Waals surface area (Å²) in [5.41, 5.74) is 5.02. The fourth-order valence-corrected chi connectivity index (χ4v) is 4.17. The number of para-hydroxylation sites is 1. The number of nitrogens with one attached hydrogen (secondary N) is 1. The zero-order valence-corrected chi connectivity index (χ0v) is 15.5. The van der Waals surface area contributed by atoms with E-state index in [9.17, 15) is 4.79 Å². The number of hydrogen-bond acceptors (Lipinski definition) is 2. The maximum atomic E-state index is 12.3. The summed E-state index contributed by atoms with van der Waals surface area (Å²) in [5.74, 6) is -0.0220. The van der Waals surface area contributed by atoms with Gasteiger partial charge in [0.1, 0.15) is 0 Å². The number of amides is 1. The summed E-state index contributed by atoms with van der Waals surface area (Å²) in [6.07, 6.45) is 5.91. The van der Waals surface area contributed by atoms with Crippen molar-refractivity contribution in [2.75, 3.05) is 5.32 Å². The summed E-state index contributed by atoms with van der Waals surface area (Å²) in [6, 6.07) is 17.8. The van der Waals surface area contributed by atoms with Crippen LogP contribution in [0.5, 0.6) is 0 Å². The largest absolute Gasteiger partial charge is 0.321 e. The first-order valence-electron chi connectivity index (χ1n) is 9.59.